The highest BCUT2D eigenvalue weighted by Crippen LogP contribution is 2.19. The molecule has 0 bridgehead atoms. The topological polar surface area (TPSA) is 37.4 Å². The molecule has 0 aromatic heterocycles. The Kier molecular flexibility index (Phi) is 3.54. The van der Waals surface area contributed by atoms with Gasteiger partial charge in [-0.25, -0.2) is 8.42 Å². The molecule has 17 heavy (non-hydrogen) atoms. The average Bonchev–Trinajstić information content (AvgIpc) is 2.62. The van der Waals surface area contributed by atoms with Crippen LogP contribution in [0.4, 0.5) is 0 Å². The molecule has 4 heteroatoms. The van der Waals surface area contributed by atoms with E-state index in [1.807, 2.05) is 19.2 Å². The minimum atomic E-state index is -2.78. The van der Waals surface area contributed by atoms with Crippen molar-refractivity contribution in [1.29, 1.82) is 0 Å². The van der Waals surface area contributed by atoms with Gasteiger partial charge in [-0.1, -0.05) is 24.3 Å². The molecular weight excluding hydrogens is 234 g/mol. The molecule has 1 aliphatic rings. The van der Waals surface area contributed by atoms with Crippen LogP contribution in [0.15, 0.2) is 24.3 Å². The van der Waals surface area contributed by atoms with Crippen molar-refractivity contribution < 1.29 is 8.42 Å². The predicted molar refractivity (Wildman–Crippen MR) is 69.7 cm³/mol. The van der Waals surface area contributed by atoms with Crippen LogP contribution < -0.4 is 0 Å². The van der Waals surface area contributed by atoms with E-state index in [1.54, 1.807) is 0 Å². The summed E-state index contributed by atoms with van der Waals surface area (Å²) in [6, 6.07) is 8.43. The van der Waals surface area contributed by atoms with Crippen molar-refractivity contribution in [1.82, 2.24) is 4.90 Å². The molecule has 3 nitrogen and oxygen atoms in total. The second kappa shape index (κ2) is 4.78. The van der Waals surface area contributed by atoms with Gasteiger partial charge in [0.05, 0.1) is 11.5 Å². The maximum atomic E-state index is 11.4. The Balaban J connectivity index is 2.03. The zero-order chi connectivity index (χ0) is 12.5. The van der Waals surface area contributed by atoms with E-state index in [9.17, 15) is 8.42 Å². The molecule has 1 heterocycles. The fraction of sp³-hybridized carbons (Fsp3) is 0.538. The van der Waals surface area contributed by atoms with E-state index >= 15 is 0 Å². The van der Waals surface area contributed by atoms with E-state index < -0.39 is 9.84 Å². The summed E-state index contributed by atoms with van der Waals surface area (Å²) < 4.78 is 22.9. The summed E-state index contributed by atoms with van der Waals surface area (Å²) in [5, 5.41) is 0. The first-order valence-electron chi connectivity index (χ1n) is 5.93. The van der Waals surface area contributed by atoms with E-state index in [-0.39, 0.29) is 6.04 Å². The zero-order valence-corrected chi connectivity index (χ0v) is 11.2. The second-order valence-corrected chi connectivity index (χ2v) is 7.13. The SMILES string of the molecule is Cc1ccccc1CN(C)C1CCS(=O)(=O)C1. The van der Waals surface area contributed by atoms with Crippen molar-refractivity contribution in [2.24, 2.45) is 0 Å². The van der Waals surface area contributed by atoms with E-state index in [1.165, 1.54) is 11.1 Å². The maximum Gasteiger partial charge on any atom is 0.151 e. The molecule has 94 valence electrons. The molecule has 1 saturated heterocycles. The van der Waals surface area contributed by atoms with Gasteiger partial charge >= 0.3 is 0 Å². The zero-order valence-electron chi connectivity index (χ0n) is 10.4. The van der Waals surface area contributed by atoms with Gasteiger partial charge in [0.25, 0.3) is 0 Å². The van der Waals surface area contributed by atoms with Crippen LogP contribution in [-0.4, -0.2) is 37.9 Å². The van der Waals surface area contributed by atoms with E-state index in [0.717, 1.165) is 13.0 Å². The minimum absolute atomic E-state index is 0.180. The molecule has 0 saturated carbocycles. The van der Waals surface area contributed by atoms with E-state index in [0.29, 0.717) is 11.5 Å². The summed E-state index contributed by atoms with van der Waals surface area (Å²) in [5.41, 5.74) is 2.54. The third-order valence-electron chi connectivity index (χ3n) is 3.51. The molecule has 0 N–H and O–H groups in total. The van der Waals surface area contributed by atoms with Crippen LogP contribution >= 0.6 is 0 Å². The molecule has 0 aliphatic carbocycles. The first-order chi connectivity index (χ1) is 7.98. The lowest BCUT2D eigenvalue weighted by atomic mass is 10.1. The van der Waals surface area contributed by atoms with Crippen molar-refractivity contribution in [2.45, 2.75) is 25.9 Å². The van der Waals surface area contributed by atoms with Crippen molar-refractivity contribution in [2.75, 3.05) is 18.6 Å². The largest absolute Gasteiger partial charge is 0.298 e. The Hall–Kier alpha value is -0.870. The first-order valence-corrected chi connectivity index (χ1v) is 7.75. The molecule has 0 amide bonds. The molecule has 1 aromatic carbocycles. The lowest BCUT2D eigenvalue weighted by Gasteiger charge is -2.23. The quantitative estimate of drug-likeness (QED) is 0.821. The Morgan fingerprint density at radius 2 is 2.06 bits per heavy atom. The van der Waals surface area contributed by atoms with Crippen LogP contribution in [0.2, 0.25) is 0 Å². The van der Waals surface area contributed by atoms with Crippen LogP contribution in [0.25, 0.3) is 0 Å². The monoisotopic (exact) mass is 253 g/mol. The normalized spacial score (nSPS) is 23.1. The van der Waals surface area contributed by atoms with Crippen LogP contribution in [0.1, 0.15) is 17.5 Å². The van der Waals surface area contributed by atoms with Crippen molar-refractivity contribution in [3.63, 3.8) is 0 Å². The number of benzene rings is 1. The van der Waals surface area contributed by atoms with Gasteiger partial charge in [0, 0.05) is 12.6 Å². The molecule has 2 rings (SSSR count). The fourth-order valence-corrected chi connectivity index (χ4v) is 4.11. The van der Waals surface area contributed by atoms with Crippen molar-refractivity contribution in [3.8, 4) is 0 Å². The molecule has 0 spiro atoms. The first kappa shape index (κ1) is 12.6. The summed E-state index contributed by atoms with van der Waals surface area (Å²) in [6.07, 6.45) is 0.769. The van der Waals surface area contributed by atoms with Crippen LogP contribution in [-0.2, 0) is 16.4 Å². The van der Waals surface area contributed by atoms with Gasteiger partial charge in [0.15, 0.2) is 9.84 Å². The molecule has 1 atom stereocenters. The number of aryl methyl sites for hydroxylation is 1. The Bertz CT molecular complexity index is 496. The van der Waals surface area contributed by atoms with Gasteiger partial charge in [0.1, 0.15) is 0 Å². The van der Waals surface area contributed by atoms with E-state index in [4.69, 9.17) is 0 Å². The summed E-state index contributed by atoms with van der Waals surface area (Å²) >= 11 is 0. The minimum Gasteiger partial charge on any atom is -0.298 e. The summed E-state index contributed by atoms with van der Waals surface area (Å²) in [4.78, 5) is 2.16. The number of nitrogens with zero attached hydrogens (tertiary/aromatic N) is 1. The Labute approximate surface area is 103 Å². The van der Waals surface area contributed by atoms with Crippen LogP contribution in [0.3, 0.4) is 0 Å². The number of hydrogen-bond acceptors (Lipinski definition) is 3. The second-order valence-electron chi connectivity index (χ2n) is 4.90. The smallest absolute Gasteiger partial charge is 0.151 e. The third-order valence-corrected chi connectivity index (χ3v) is 5.26. The highest BCUT2D eigenvalue weighted by molar-refractivity contribution is 7.91. The molecule has 1 aliphatic heterocycles. The maximum absolute atomic E-state index is 11.4. The summed E-state index contributed by atoms with van der Waals surface area (Å²) in [5.74, 6) is 0.658. The molecule has 0 radical (unpaired) electrons. The lowest BCUT2D eigenvalue weighted by molar-refractivity contribution is 0.253. The van der Waals surface area contributed by atoms with Gasteiger partial charge in [-0.15, -0.1) is 0 Å². The molecular formula is C13H19NO2S. The Morgan fingerprint density at radius 3 is 2.65 bits per heavy atom. The Morgan fingerprint density at radius 1 is 1.35 bits per heavy atom. The molecule has 1 fully saturated rings. The summed E-state index contributed by atoms with van der Waals surface area (Å²) in [6.45, 7) is 2.92. The van der Waals surface area contributed by atoms with Gasteiger partial charge in [-0.2, -0.15) is 0 Å². The van der Waals surface area contributed by atoms with Gasteiger partial charge < -0.3 is 0 Å². The van der Waals surface area contributed by atoms with Gasteiger partial charge in [0.2, 0.25) is 0 Å². The lowest BCUT2D eigenvalue weighted by Crippen LogP contribution is -2.32. The molecule has 1 aromatic rings. The highest BCUT2D eigenvalue weighted by atomic mass is 32.2. The van der Waals surface area contributed by atoms with Crippen LogP contribution in [0, 0.1) is 6.92 Å². The summed E-state index contributed by atoms with van der Waals surface area (Å²) in [7, 11) is -0.773. The fourth-order valence-electron chi connectivity index (χ4n) is 2.31. The van der Waals surface area contributed by atoms with Gasteiger partial charge in [-0.05, 0) is 31.5 Å². The third kappa shape index (κ3) is 3.07. The standard InChI is InChI=1S/C13H19NO2S/c1-11-5-3-4-6-12(11)9-14(2)13-7-8-17(15,16)10-13/h3-6,13H,7-10H2,1-2H3. The average molecular weight is 253 g/mol. The van der Waals surface area contributed by atoms with Crippen molar-refractivity contribution in [3.05, 3.63) is 35.4 Å². The highest BCUT2D eigenvalue weighted by Gasteiger charge is 2.30. The van der Waals surface area contributed by atoms with Crippen LogP contribution in [0.5, 0.6) is 0 Å². The molecule has 1 unspecified atom stereocenters. The van der Waals surface area contributed by atoms with Gasteiger partial charge in [-0.3, -0.25) is 4.90 Å². The number of rotatable bonds is 3. The predicted octanol–water partition coefficient (Wildman–Crippen LogP) is 1.61. The number of hydrogen-bond donors (Lipinski definition) is 0. The van der Waals surface area contributed by atoms with Crippen molar-refractivity contribution >= 4 is 9.84 Å². The number of sulfone groups is 1. The van der Waals surface area contributed by atoms with E-state index in [2.05, 4.69) is 24.0 Å².